The SMILES string of the molecule is [2H]C([2H])([2H])Oc1ccc2c(c1)c(C[C@H]1CCCN1C([2H])([2H])[2H])cn2C(=O)CCCCCCC/C=C\C/C=C\CCCCC. The van der Waals surface area contributed by atoms with Crippen LogP contribution in [0.5, 0.6) is 5.75 Å². The van der Waals surface area contributed by atoms with E-state index in [-0.39, 0.29) is 17.7 Å². The molecule has 0 aliphatic carbocycles. The van der Waals surface area contributed by atoms with E-state index in [2.05, 4.69) is 31.2 Å². The number of ether oxygens (including phenoxy) is 1. The van der Waals surface area contributed by atoms with Gasteiger partial charge < -0.3 is 9.64 Å². The highest BCUT2D eigenvalue weighted by molar-refractivity contribution is 5.95. The zero-order valence-electron chi connectivity index (χ0n) is 28.7. The lowest BCUT2D eigenvalue weighted by Crippen LogP contribution is -2.26. The summed E-state index contributed by atoms with van der Waals surface area (Å²) < 4.78 is 52.9. The summed E-state index contributed by atoms with van der Waals surface area (Å²) >= 11 is 0. The molecule has 1 atom stereocenters. The highest BCUT2D eigenvalue weighted by Gasteiger charge is 2.23. The quantitative estimate of drug-likeness (QED) is 0.157. The molecule has 4 heteroatoms. The molecule has 1 fully saturated rings. The average molecular weight is 513 g/mol. The van der Waals surface area contributed by atoms with Crippen LogP contribution in [-0.4, -0.2) is 42.0 Å². The third kappa shape index (κ3) is 9.48. The molecule has 1 aliphatic rings. The number of benzene rings is 1. The van der Waals surface area contributed by atoms with E-state index in [4.69, 9.17) is 13.0 Å². The number of likely N-dealkylation sites (N-methyl/N-ethyl adjacent to an activating group) is 1. The lowest BCUT2D eigenvalue weighted by atomic mass is 10.0. The van der Waals surface area contributed by atoms with Crippen LogP contribution in [0.3, 0.4) is 0 Å². The van der Waals surface area contributed by atoms with Gasteiger partial charge in [-0.2, -0.15) is 0 Å². The molecule has 3 rings (SSSR count). The number of unbranched alkanes of at least 4 members (excludes halogenated alkanes) is 8. The Morgan fingerprint density at radius 2 is 1.84 bits per heavy atom. The minimum atomic E-state index is -2.59. The van der Waals surface area contributed by atoms with Crippen LogP contribution in [0, 0.1) is 0 Å². The highest BCUT2D eigenvalue weighted by Crippen LogP contribution is 2.30. The van der Waals surface area contributed by atoms with Crippen molar-refractivity contribution in [1.29, 1.82) is 0 Å². The minimum Gasteiger partial charge on any atom is -0.497 e. The van der Waals surface area contributed by atoms with Crippen molar-refractivity contribution in [3.05, 3.63) is 54.3 Å². The van der Waals surface area contributed by atoms with E-state index in [1.807, 2.05) is 6.20 Å². The fraction of sp³-hybridized carbons (Fsp3) is 0.606. The van der Waals surface area contributed by atoms with Crippen LogP contribution < -0.4 is 4.74 Å². The first-order valence-corrected chi connectivity index (χ1v) is 14.4. The molecule has 0 spiro atoms. The molecule has 1 saturated heterocycles. The first-order chi connectivity index (χ1) is 20.5. The summed E-state index contributed by atoms with van der Waals surface area (Å²) in [7, 11) is -2.59. The van der Waals surface area contributed by atoms with Crippen molar-refractivity contribution in [2.24, 2.45) is 0 Å². The predicted octanol–water partition coefficient (Wildman–Crippen LogP) is 8.74. The monoisotopic (exact) mass is 512 g/mol. The Labute approximate surface area is 234 Å². The molecule has 0 unspecified atom stereocenters. The summed E-state index contributed by atoms with van der Waals surface area (Å²) in [6, 6.07) is 4.79. The Bertz CT molecular complexity index is 1200. The predicted molar refractivity (Wildman–Crippen MR) is 158 cm³/mol. The number of hydrogen-bond acceptors (Lipinski definition) is 3. The number of allylic oxidation sites excluding steroid dienone is 4. The van der Waals surface area contributed by atoms with Gasteiger partial charge in [-0.15, -0.1) is 0 Å². The van der Waals surface area contributed by atoms with Crippen LogP contribution in [0.2, 0.25) is 0 Å². The van der Waals surface area contributed by atoms with Crippen molar-refractivity contribution < 1.29 is 17.8 Å². The van der Waals surface area contributed by atoms with Crippen molar-refractivity contribution in [2.75, 3.05) is 20.6 Å². The van der Waals surface area contributed by atoms with Crippen LogP contribution >= 0.6 is 0 Å². The third-order valence-electron chi connectivity index (χ3n) is 7.42. The normalized spacial score (nSPS) is 19.6. The van der Waals surface area contributed by atoms with Crippen molar-refractivity contribution in [2.45, 2.75) is 109 Å². The Hall–Kier alpha value is -2.33. The van der Waals surface area contributed by atoms with Crippen LogP contribution in [0.15, 0.2) is 48.7 Å². The van der Waals surface area contributed by atoms with Crippen LogP contribution in [0.1, 0.15) is 115 Å². The maximum absolute atomic E-state index is 13.3. The number of carbonyl (C=O) groups excluding carboxylic acids is 1. The van der Waals surface area contributed by atoms with E-state index in [0.717, 1.165) is 68.7 Å². The van der Waals surface area contributed by atoms with Gasteiger partial charge in [0.05, 0.1) is 16.7 Å². The largest absolute Gasteiger partial charge is 0.497 e. The van der Waals surface area contributed by atoms with Crippen LogP contribution in [0.4, 0.5) is 0 Å². The molecule has 4 nitrogen and oxygen atoms in total. The minimum absolute atomic E-state index is 0.00878. The molecule has 0 saturated carbocycles. The summed E-state index contributed by atoms with van der Waals surface area (Å²) in [6.07, 6.45) is 25.7. The van der Waals surface area contributed by atoms with E-state index < -0.39 is 14.0 Å². The van der Waals surface area contributed by atoms with Crippen LogP contribution in [0.25, 0.3) is 10.9 Å². The van der Waals surface area contributed by atoms with Crippen molar-refractivity contribution >= 4 is 16.8 Å². The van der Waals surface area contributed by atoms with Gasteiger partial charge in [-0.25, -0.2) is 0 Å². The molecule has 37 heavy (non-hydrogen) atoms. The number of fused-ring (bicyclic) bond motifs is 1. The molecule has 0 bridgehead atoms. The summed E-state index contributed by atoms with van der Waals surface area (Å²) in [4.78, 5) is 14.9. The molecule has 2 heterocycles. The van der Waals surface area contributed by atoms with Crippen molar-refractivity contribution in [3.8, 4) is 5.75 Å². The molecule has 204 valence electrons. The Kier molecular flexibility index (Phi) is 9.63. The standard InChI is InChI=1S/C33H50N2O2/c1-4-5-6-7-8-9-10-11-12-13-14-15-16-17-18-21-33(36)35-27-28(25-29-20-19-24-34(29)2)31-26-30(37-3)22-23-32(31)35/h8-9,11-12,22-23,26-27,29H,4-7,10,13-21,24-25H2,1-3H3/b9-8-,12-11-/t29-/m1/s1/i2D3,3D3. The number of aromatic nitrogens is 1. The molecule has 1 aromatic heterocycles. The lowest BCUT2D eigenvalue weighted by molar-refractivity contribution is 0.0904. The van der Waals surface area contributed by atoms with Crippen LogP contribution in [-0.2, 0) is 6.42 Å². The smallest absolute Gasteiger partial charge is 0.231 e. The second kappa shape index (κ2) is 16.5. The summed E-state index contributed by atoms with van der Waals surface area (Å²) in [5.41, 5.74) is 1.53. The number of carbonyl (C=O) groups is 1. The number of hydrogen-bond donors (Lipinski definition) is 0. The molecule has 2 aromatic rings. The van der Waals surface area contributed by atoms with E-state index >= 15 is 0 Å². The number of methoxy groups -OCH3 is 1. The van der Waals surface area contributed by atoms with E-state index in [9.17, 15) is 4.79 Å². The molecule has 0 amide bonds. The average Bonchev–Trinajstić information content (AvgIpc) is 3.55. The molecular weight excluding hydrogens is 456 g/mol. The summed E-state index contributed by atoms with van der Waals surface area (Å²) in [5, 5.41) is 0.729. The fourth-order valence-corrected chi connectivity index (χ4v) is 5.22. The third-order valence-corrected chi connectivity index (χ3v) is 7.42. The second-order valence-corrected chi connectivity index (χ2v) is 10.4. The zero-order chi connectivity index (χ0) is 31.3. The number of nitrogens with zero attached hydrogens (tertiary/aromatic N) is 2. The second-order valence-electron chi connectivity index (χ2n) is 10.4. The summed E-state index contributed by atoms with van der Waals surface area (Å²) in [5.74, 6) is 0.192. The fourth-order valence-electron chi connectivity index (χ4n) is 5.22. The molecule has 1 aliphatic heterocycles. The Morgan fingerprint density at radius 3 is 2.62 bits per heavy atom. The number of likely N-dealkylation sites (tertiary alicyclic amines) is 1. The Balaban J connectivity index is 1.52. The number of rotatable bonds is 17. The maximum atomic E-state index is 13.3. The maximum Gasteiger partial charge on any atom is 0.231 e. The van der Waals surface area contributed by atoms with Gasteiger partial charge in [0.1, 0.15) is 5.75 Å². The zero-order valence-corrected chi connectivity index (χ0v) is 22.7. The van der Waals surface area contributed by atoms with Gasteiger partial charge in [0.25, 0.3) is 0 Å². The molecule has 0 N–H and O–H groups in total. The van der Waals surface area contributed by atoms with Gasteiger partial charge in [-0.05, 0) is 95.1 Å². The van der Waals surface area contributed by atoms with Gasteiger partial charge >= 0.3 is 0 Å². The van der Waals surface area contributed by atoms with Gasteiger partial charge in [0.2, 0.25) is 5.91 Å². The highest BCUT2D eigenvalue weighted by atomic mass is 16.5. The lowest BCUT2D eigenvalue weighted by Gasteiger charge is -2.18. The van der Waals surface area contributed by atoms with Crippen molar-refractivity contribution in [1.82, 2.24) is 9.47 Å². The van der Waals surface area contributed by atoms with Gasteiger partial charge in [0, 0.05) is 28.2 Å². The van der Waals surface area contributed by atoms with E-state index in [1.165, 1.54) is 25.7 Å². The molecule has 1 aromatic carbocycles. The molecule has 0 radical (unpaired) electrons. The molecular formula is C33H50N2O2. The van der Waals surface area contributed by atoms with E-state index in [1.54, 1.807) is 27.7 Å². The Morgan fingerprint density at radius 1 is 1.05 bits per heavy atom. The van der Waals surface area contributed by atoms with E-state index in [0.29, 0.717) is 24.9 Å². The topological polar surface area (TPSA) is 34.5 Å². The van der Waals surface area contributed by atoms with Crippen molar-refractivity contribution in [3.63, 3.8) is 0 Å². The van der Waals surface area contributed by atoms with Gasteiger partial charge in [-0.1, -0.05) is 63.3 Å². The summed E-state index contributed by atoms with van der Waals surface area (Å²) in [6.45, 7) is 0.565. The van der Waals surface area contributed by atoms with Gasteiger partial charge in [-0.3, -0.25) is 9.36 Å². The first-order valence-electron chi connectivity index (χ1n) is 17.4. The van der Waals surface area contributed by atoms with Gasteiger partial charge in [0.15, 0.2) is 0 Å². The first kappa shape index (κ1) is 21.6.